The van der Waals surface area contributed by atoms with Gasteiger partial charge in [-0.05, 0) is 24.6 Å². The lowest BCUT2D eigenvalue weighted by Crippen LogP contribution is -2.34. The van der Waals surface area contributed by atoms with Crippen molar-refractivity contribution in [2.75, 3.05) is 0 Å². The fraction of sp³-hybridized carbons (Fsp3) is 0.316. The Bertz CT molecular complexity index is 831. The first kappa shape index (κ1) is 17.7. The Kier molecular flexibility index (Phi) is 4.79. The third-order valence-electron chi connectivity index (χ3n) is 4.26. The molecule has 0 radical (unpaired) electrons. The molecule has 1 aliphatic rings. The molecule has 0 aliphatic carbocycles. The number of carbonyl (C=O) groups is 1. The molecule has 7 nitrogen and oxygen atoms in total. The van der Waals surface area contributed by atoms with Gasteiger partial charge in [0.2, 0.25) is 5.75 Å². The Morgan fingerprint density at radius 2 is 1.85 bits per heavy atom. The molecule has 26 heavy (non-hydrogen) atoms. The number of fused-ring (bicyclic) bond motifs is 1. The third-order valence-corrected chi connectivity index (χ3v) is 4.26. The summed E-state index contributed by atoms with van der Waals surface area (Å²) in [5.41, 5.74) is 1.05. The van der Waals surface area contributed by atoms with Crippen LogP contribution < -0.4 is 4.74 Å². The summed E-state index contributed by atoms with van der Waals surface area (Å²) in [4.78, 5) is 12.0. The number of ether oxygens (including phenoxy) is 2. The molecule has 138 valence electrons. The number of hydrogen-bond donors (Lipinski definition) is 4. The number of phenols is 4. The van der Waals surface area contributed by atoms with Crippen LogP contribution in [0.4, 0.5) is 0 Å². The van der Waals surface area contributed by atoms with Gasteiger partial charge in [0.25, 0.3) is 0 Å². The zero-order valence-electron chi connectivity index (χ0n) is 14.2. The molecule has 0 spiro atoms. The summed E-state index contributed by atoms with van der Waals surface area (Å²) >= 11 is 0. The second-order valence-electron chi connectivity index (χ2n) is 6.19. The number of aromatic hydroxyl groups is 4. The predicted octanol–water partition coefficient (Wildman–Crippen LogP) is 2.90. The van der Waals surface area contributed by atoms with Gasteiger partial charge in [-0.3, -0.25) is 4.79 Å². The zero-order chi connectivity index (χ0) is 18.8. The number of rotatable bonds is 4. The maximum atomic E-state index is 12.0. The highest BCUT2D eigenvalue weighted by Gasteiger charge is 2.36. The van der Waals surface area contributed by atoms with E-state index in [0.29, 0.717) is 17.5 Å². The van der Waals surface area contributed by atoms with Crippen LogP contribution in [0.3, 0.4) is 0 Å². The van der Waals surface area contributed by atoms with Crippen LogP contribution in [0.2, 0.25) is 0 Å². The molecule has 0 fully saturated rings. The van der Waals surface area contributed by atoms with E-state index in [1.54, 1.807) is 6.07 Å². The molecule has 4 N–H and O–H groups in total. The Hall–Kier alpha value is -3.09. The zero-order valence-corrected chi connectivity index (χ0v) is 14.2. The van der Waals surface area contributed by atoms with Crippen LogP contribution in [0.5, 0.6) is 28.7 Å². The highest BCUT2D eigenvalue weighted by Crippen LogP contribution is 2.46. The average molecular weight is 360 g/mol. The molecule has 1 heterocycles. The van der Waals surface area contributed by atoms with Crippen molar-refractivity contribution in [2.45, 2.75) is 38.4 Å². The van der Waals surface area contributed by atoms with E-state index in [9.17, 15) is 25.2 Å². The normalized spacial score (nSPS) is 18.7. The maximum Gasteiger partial charge on any atom is 0.306 e. The van der Waals surface area contributed by atoms with Gasteiger partial charge in [-0.25, -0.2) is 0 Å². The lowest BCUT2D eigenvalue weighted by atomic mass is 9.93. The van der Waals surface area contributed by atoms with E-state index < -0.39 is 18.0 Å². The number of phenolic OH excluding ortho intramolecular Hbond substituents is 4. The number of carbonyl (C=O) groups excluding carboxylic acids is 1. The molecule has 0 aromatic heterocycles. The van der Waals surface area contributed by atoms with Crippen molar-refractivity contribution in [3.8, 4) is 28.7 Å². The van der Waals surface area contributed by atoms with Gasteiger partial charge in [0, 0.05) is 24.0 Å². The Morgan fingerprint density at radius 1 is 1.12 bits per heavy atom. The first-order valence-electron chi connectivity index (χ1n) is 8.32. The van der Waals surface area contributed by atoms with Crippen molar-refractivity contribution in [2.24, 2.45) is 0 Å². The van der Waals surface area contributed by atoms with Crippen molar-refractivity contribution in [3.63, 3.8) is 0 Å². The van der Waals surface area contributed by atoms with Crippen molar-refractivity contribution in [1.82, 2.24) is 0 Å². The molecule has 7 heteroatoms. The highest BCUT2D eigenvalue weighted by atomic mass is 16.6. The molecule has 2 atom stereocenters. The number of benzene rings is 2. The van der Waals surface area contributed by atoms with E-state index in [-0.39, 0.29) is 41.8 Å². The summed E-state index contributed by atoms with van der Waals surface area (Å²) in [6.07, 6.45) is -0.331. The smallest absolute Gasteiger partial charge is 0.306 e. The Morgan fingerprint density at radius 3 is 2.54 bits per heavy atom. The third kappa shape index (κ3) is 3.33. The molecule has 3 rings (SSSR count). The minimum atomic E-state index is -0.817. The van der Waals surface area contributed by atoms with Crippen LogP contribution in [-0.2, 0) is 16.0 Å². The van der Waals surface area contributed by atoms with E-state index >= 15 is 0 Å². The van der Waals surface area contributed by atoms with Crippen LogP contribution in [0, 0.1) is 0 Å². The predicted molar refractivity (Wildman–Crippen MR) is 91.4 cm³/mol. The van der Waals surface area contributed by atoms with E-state index in [4.69, 9.17) is 9.47 Å². The molecular weight excluding hydrogens is 340 g/mol. The summed E-state index contributed by atoms with van der Waals surface area (Å²) in [6.45, 7) is 1.87. The van der Waals surface area contributed by atoms with E-state index in [1.807, 2.05) is 6.92 Å². The van der Waals surface area contributed by atoms with E-state index in [1.165, 1.54) is 24.3 Å². The largest absolute Gasteiger partial charge is 0.504 e. The summed E-state index contributed by atoms with van der Waals surface area (Å²) in [7, 11) is 0. The maximum absolute atomic E-state index is 12.0. The van der Waals surface area contributed by atoms with Gasteiger partial charge >= 0.3 is 5.97 Å². The van der Waals surface area contributed by atoms with Gasteiger partial charge in [-0.2, -0.15) is 0 Å². The van der Waals surface area contributed by atoms with Crippen LogP contribution in [0.25, 0.3) is 0 Å². The van der Waals surface area contributed by atoms with Crippen molar-refractivity contribution in [1.29, 1.82) is 0 Å². The lowest BCUT2D eigenvalue weighted by molar-refractivity contribution is -0.155. The quantitative estimate of drug-likeness (QED) is 0.489. The number of esters is 1. The minimum Gasteiger partial charge on any atom is -0.504 e. The first-order chi connectivity index (χ1) is 12.4. The minimum absolute atomic E-state index is 0.102. The summed E-state index contributed by atoms with van der Waals surface area (Å²) in [5, 5.41) is 39.1. The molecule has 0 saturated carbocycles. The van der Waals surface area contributed by atoms with Crippen molar-refractivity contribution < 1.29 is 34.7 Å². The van der Waals surface area contributed by atoms with Crippen LogP contribution in [0.15, 0.2) is 30.3 Å². The van der Waals surface area contributed by atoms with Gasteiger partial charge in [-0.15, -0.1) is 0 Å². The second kappa shape index (κ2) is 7.03. The molecule has 0 bridgehead atoms. The van der Waals surface area contributed by atoms with Gasteiger partial charge in [0.1, 0.15) is 6.10 Å². The van der Waals surface area contributed by atoms with E-state index in [2.05, 4.69) is 0 Å². The lowest BCUT2D eigenvalue weighted by Gasteiger charge is -2.34. The van der Waals surface area contributed by atoms with Gasteiger partial charge < -0.3 is 29.9 Å². The van der Waals surface area contributed by atoms with Crippen LogP contribution in [-0.4, -0.2) is 32.5 Å². The topological polar surface area (TPSA) is 116 Å². The van der Waals surface area contributed by atoms with E-state index in [0.717, 1.165) is 0 Å². The fourth-order valence-electron chi connectivity index (χ4n) is 2.96. The molecule has 0 saturated heterocycles. The molecule has 2 aromatic carbocycles. The fourth-order valence-corrected chi connectivity index (χ4v) is 2.96. The summed E-state index contributed by atoms with van der Waals surface area (Å²) in [6, 6.07) is 7.08. The van der Waals surface area contributed by atoms with Crippen LogP contribution in [0.1, 0.15) is 37.0 Å². The summed E-state index contributed by atoms with van der Waals surface area (Å²) < 4.78 is 11.4. The van der Waals surface area contributed by atoms with Gasteiger partial charge in [0.05, 0.1) is 0 Å². The monoisotopic (exact) mass is 360 g/mol. The Labute approximate surface area is 150 Å². The van der Waals surface area contributed by atoms with Crippen molar-refractivity contribution >= 4 is 5.97 Å². The molecule has 1 unspecified atom stereocenters. The second-order valence-corrected chi connectivity index (χ2v) is 6.19. The highest BCUT2D eigenvalue weighted by molar-refractivity contribution is 5.69. The standard InChI is InChI=1S/C19H20O7/c1-2-3-16(23)25-15-9-11-5-7-13(21)17(24)19(11)26-18(15)10-4-6-12(20)14(22)8-10/h4-8,15,18,20-22,24H,2-3,9H2,1H3/t15-,18?/m1/s1. The molecule has 2 aromatic rings. The van der Waals surface area contributed by atoms with Gasteiger partial charge in [-0.1, -0.05) is 19.1 Å². The Balaban J connectivity index is 2.00. The summed E-state index contributed by atoms with van der Waals surface area (Å²) in [5.74, 6) is -1.61. The SMILES string of the molecule is CCCC(=O)O[C@@H]1Cc2ccc(O)c(O)c2OC1c1ccc(O)c(O)c1. The van der Waals surface area contributed by atoms with Gasteiger partial charge in [0.15, 0.2) is 29.1 Å². The molecular formula is C19H20O7. The number of hydrogen-bond acceptors (Lipinski definition) is 7. The first-order valence-corrected chi connectivity index (χ1v) is 8.32. The molecule has 1 aliphatic heterocycles. The van der Waals surface area contributed by atoms with Crippen molar-refractivity contribution in [3.05, 3.63) is 41.5 Å². The average Bonchev–Trinajstić information content (AvgIpc) is 2.61. The molecule has 0 amide bonds. The van der Waals surface area contributed by atoms with Crippen LogP contribution >= 0.6 is 0 Å².